The molecule has 0 bridgehead atoms. The highest BCUT2D eigenvalue weighted by Crippen LogP contribution is 2.21. The summed E-state index contributed by atoms with van der Waals surface area (Å²) in [6, 6.07) is 0. The van der Waals surface area contributed by atoms with Crippen LogP contribution < -0.4 is 0 Å². The number of nitrogens with zero attached hydrogens (tertiary/aromatic N) is 2. The number of esters is 1. The van der Waals surface area contributed by atoms with Crippen LogP contribution in [0.3, 0.4) is 0 Å². The molecule has 333 valence electrons. The average molecular weight is 790 g/mol. The molecule has 0 spiro atoms. The van der Waals surface area contributed by atoms with Crippen LogP contribution in [0.25, 0.3) is 0 Å². The number of rotatable bonds is 46. The summed E-state index contributed by atoms with van der Waals surface area (Å²) in [6.07, 6.45) is 44.6. The van der Waals surface area contributed by atoms with E-state index < -0.39 is 0 Å². The highest BCUT2D eigenvalue weighted by Gasteiger charge is 2.15. The lowest BCUT2D eigenvalue weighted by atomic mass is 10.0. The fourth-order valence-electron chi connectivity index (χ4n) is 7.92. The number of hydrogen-bond acceptors (Lipinski definition) is 5. The summed E-state index contributed by atoms with van der Waals surface area (Å²) in [5.74, 6) is 0.835. The summed E-state index contributed by atoms with van der Waals surface area (Å²) < 4.78 is 12.3. The Morgan fingerprint density at radius 3 is 1.14 bits per heavy atom. The van der Waals surface area contributed by atoms with Crippen molar-refractivity contribution >= 4 is 5.97 Å². The quantitative estimate of drug-likeness (QED) is 0.0349. The van der Waals surface area contributed by atoms with E-state index in [0.717, 1.165) is 50.8 Å². The Morgan fingerprint density at radius 1 is 0.411 bits per heavy atom. The zero-order chi connectivity index (χ0) is 41.2. The van der Waals surface area contributed by atoms with Crippen LogP contribution in [0.5, 0.6) is 0 Å². The third-order valence-electron chi connectivity index (χ3n) is 11.8. The van der Waals surface area contributed by atoms with Crippen molar-refractivity contribution in [2.24, 2.45) is 0 Å². The molecule has 0 aliphatic rings. The molecule has 0 aromatic rings. The molecule has 0 aliphatic carbocycles. The molecule has 0 amide bonds. The van der Waals surface area contributed by atoms with E-state index >= 15 is 0 Å². The van der Waals surface area contributed by atoms with Crippen LogP contribution in [0.1, 0.15) is 259 Å². The Morgan fingerprint density at radius 2 is 0.750 bits per heavy atom. The van der Waals surface area contributed by atoms with Crippen LogP contribution in [0.4, 0.5) is 0 Å². The normalized spacial score (nSPS) is 11.8. The van der Waals surface area contributed by atoms with Crippen molar-refractivity contribution in [3.63, 3.8) is 0 Å². The van der Waals surface area contributed by atoms with Crippen molar-refractivity contribution < 1.29 is 14.3 Å². The van der Waals surface area contributed by atoms with Gasteiger partial charge in [-0.3, -0.25) is 4.79 Å². The van der Waals surface area contributed by atoms with Crippen molar-refractivity contribution in [2.75, 3.05) is 40.3 Å². The van der Waals surface area contributed by atoms with Crippen LogP contribution >= 0.6 is 0 Å². The van der Waals surface area contributed by atoms with Crippen LogP contribution in [0.2, 0.25) is 0 Å². The van der Waals surface area contributed by atoms with E-state index in [2.05, 4.69) is 51.6 Å². The van der Waals surface area contributed by atoms with E-state index in [1.54, 1.807) is 0 Å². The van der Waals surface area contributed by atoms with Crippen LogP contribution in [-0.2, 0) is 14.3 Å². The number of allylic oxidation sites excluding steroid dienone is 1. The number of unbranched alkanes of at least 4 members (excludes halogenated alkanes) is 24. The maximum Gasteiger partial charge on any atom is 0.306 e. The lowest BCUT2D eigenvalue weighted by Crippen LogP contribution is -2.33. The smallest absolute Gasteiger partial charge is 0.306 e. The number of likely N-dealkylation sites (N-methyl/N-ethyl adjacent to an activating group) is 1. The Balaban J connectivity index is 4.10. The van der Waals surface area contributed by atoms with Gasteiger partial charge in [0.2, 0.25) is 0 Å². The van der Waals surface area contributed by atoms with Gasteiger partial charge in [0, 0.05) is 25.9 Å². The molecule has 0 saturated carbocycles. The van der Waals surface area contributed by atoms with Gasteiger partial charge in [-0.15, -0.1) is 0 Å². The van der Waals surface area contributed by atoms with E-state index in [0.29, 0.717) is 12.5 Å². The third kappa shape index (κ3) is 39.7. The zero-order valence-electron chi connectivity index (χ0n) is 39.1. The fraction of sp³-hybridized carbons (Fsp3) is 0.941. The van der Waals surface area contributed by atoms with Crippen molar-refractivity contribution in [2.45, 2.75) is 271 Å². The van der Waals surface area contributed by atoms with Crippen LogP contribution in [0.15, 0.2) is 5.76 Å². The maximum atomic E-state index is 12.6. The molecule has 56 heavy (non-hydrogen) atoms. The molecule has 0 N–H and O–H groups in total. The standard InChI is InChI=1S/C51H101N2O3/c1-8-12-16-31-39-49(40-32-17-13-9-2)55-48(5)38-30-26-22-20-24-28-36-44-53(47-46-52(6)7)45-37-29-25-21-23-27-35-43-51(54)56-50(41-33-18-14-10-3)42-34-19-15-11-4/h5,49-50H,8-47H2,1-4,6-7H3. The van der Waals surface area contributed by atoms with Gasteiger partial charge in [-0.2, -0.15) is 0 Å². The van der Waals surface area contributed by atoms with Crippen LogP contribution in [-0.4, -0.2) is 68.3 Å². The first-order valence-electron chi connectivity index (χ1n) is 25.2. The van der Waals surface area contributed by atoms with Gasteiger partial charge in [0.15, 0.2) is 0 Å². The lowest BCUT2D eigenvalue weighted by Gasteiger charge is -2.24. The van der Waals surface area contributed by atoms with Gasteiger partial charge in [0.25, 0.3) is 0 Å². The Labute approximate surface area is 352 Å². The molecule has 0 atom stereocenters. The number of carbonyl (C=O) groups is 1. The van der Waals surface area contributed by atoms with Crippen molar-refractivity contribution in [3.05, 3.63) is 12.3 Å². The molecular weight excluding hydrogens is 689 g/mol. The molecule has 1 radical (unpaired) electrons. The molecule has 0 saturated heterocycles. The first-order valence-corrected chi connectivity index (χ1v) is 25.2. The second-order valence-corrected chi connectivity index (χ2v) is 17.8. The number of carbonyl (C=O) groups excluding carboxylic acids is 1. The fourth-order valence-corrected chi connectivity index (χ4v) is 7.92. The Hall–Kier alpha value is -1.07. The second kappa shape index (κ2) is 43.5. The van der Waals surface area contributed by atoms with E-state index in [1.807, 2.05) is 0 Å². The monoisotopic (exact) mass is 790 g/mol. The van der Waals surface area contributed by atoms with Crippen molar-refractivity contribution in [1.29, 1.82) is 0 Å². The first-order chi connectivity index (χ1) is 27.4. The zero-order valence-corrected chi connectivity index (χ0v) is 39.1. The van der Waals surface area contributed by atoms with Gasteiger partial charge >= 0.3 is 5.97 Å². The molecule has 0 heterocycles. The largest absolute Gasteiger partial charge is 0.495 e. The Kier molecular flexibility index (Phi) is 42.7. The minimum atomic E-state index is 0.0457. The van der Waals surface area contributed by atoms with Crippen LogP contribution in [0, 0.1) is 6.58 Å². The average Bonchev–Trinajstić information content (AvgIpc) is 3.18. The van der Waals surface area contributed by atoms with Gasteiger partial charge in [0.05, 0.1) is 11.9 Å². The summed E-state index contributed by atoms with van der Waals surface area (Å²) in [5, 5.41) is 0. The molecule has 0 rings (SSSR count). The van der Waals surface area contributed by atoms with E-state index in [1.165, 1.54) is 206 Å². The third-order valence-corrected chi connectivity index (χ3v) is 11.8. The molecule has 5 nitrogen and oxygen atoms in total. The van der Waals surface area contributed by atoms with Crippen molar-refractivity contribution in [1.82, 2.24) is 9.80 Å². The van der Waals surface area contributed by atoms with Gasteiger partial charge in [-0.25, -0.2) is 0 Å². The summed E-state index contributed by atoms with van der Waals surface area (Å²) in [5.41, 5.74) is 0. The second-order valence-electron chi connectivity index (χ2n) is 17.8. The maximum absolute atomic E-state index is 12.6. The Bertz CT molecular complexity index is 733. The van der Waals surface area contributed by atoms with Gasteiger partial charge in [-0.05, 0) is 111 Å². The van der Waals surface area contributed by atoms with Gasteiger partial charge in [-0.1, -0.05) is 169 Å². The molecule has 0 aromatic heterocycles. The minimum Gasteiger partial charge on any atom is -0.495 e. The molecule has 0 aromatic carbocycles. The van der Waals surface area contributed by atoms with Gasteiger partial charge < -0.3 is 19.3 Å². The summed E-state index contributed by atoms with van der Waals surface area (Å²) >= 11 is 0. The summed E-state index contributed by atoms with van der Waals surface area (Å²) in [6.45, 7) is 20.3. The highest BCUT2D eigenvalue weighted by molar-refractivity contribution is 5.69. The SMILES string of the molecule is [CH]=C(CCCCCCCCCN(CCCCCCCCCC(=O)OC(CCCCCC)CCCCCC)CCN(C)C)OC(CCCCCC)CCCCCC. The molecule has 0 unspecified atom stereocenters. The molecule has 0 aliphatic heterocycles. The summed E-state index contributed by atoms with van der Waals surface area (Å²) in [7, 11) is 4.39. The predicted octanol–water partition coefficient (Wildman–Crippen LogP) is 15.6. The van der Waals surface area contributed by atoms with Crippen molar-refractivity contribution in [3.8, 4) is 0 Å². The van der Waals surface area contributed by atoms with E-state index in [4.69, 9.17) is 16.1 Å². The number of ether oxygens (including phenoxy) is 2. The summed E-state index contributed by atoms with van der Waals surface area (Å²) in [4.78, 5) is 17.6. The molecular formula is C51H101N2O3. The minimum absolute atomic E-state index is 0.0457. The molecule has 0 fully saturated rings. The highest BCUT2D eigenvalue weighted by atomic mass is 16.5. The predicted molar refractivity (Wildman–Crippen MR) is 246 cm³/mol. The number of hydrogen-bond donors (Lipinski definition) is 0. The van der Waals surface area contributed by atoms with E-state index in [9.17, 15) is 4.79 Å². The molecule has 5 heteroatoms. The first kappa shape index (κ1) is 54.9. The van der Waals surface area contributed by atoms with E-state index in [-0.39, 0.29) is 12.1 Å². The van der Waals surface area contributed by atoms with Gasteiger partial charge in [0.1, 0.15) is 6.10 Å². The lowest BCUT2D eigenvalue weighted by molar-refractivity contribution is -0.150. The topological polar surface area (TPSA) is 42.0 Å².